The summed E-state index contributed by atoms with van der Waals surface area (Å²) in [6, 6.07) is 15.0. The summed E-state index contributed by atoms with van der Waals surface area (Å²) in [5.41, 5.74) is 7.27. The van der Waals surface area contributed by atoms with Crippen molar-refractivity contribution in [3.8, 4) is 0 Å². The maximum atomic E-state index is 5.92. The molecule has 0 heterocycles. The summed E-state index contributed by atoms with van der Waals surface area (Å²) in [6.07, 6.45) is 4.94. The molecule has 0 saturated heterocycles. The number of guanidine groups is 1. The van der Waals surface area contributed by atoms with E-state index in [0.29, 0.717) is 5.96 Å². The Kier molecular flexibility index (Phi) is 4.39. The monoisotopic (exact) mass is 281 g/mol. The Morgan fingerprint density at radius 3 is 2.76 bits per heavy atom. The number of hydrogen-bond donors (Lipinski definition) is 2. The lowest BCUT2D eigenvalue weighted by Crippen LogP contribution is -2.34. The second-order valence-electron chi connectivity index (χ2n) is 5.84. The fourth-order valence-electron chi connectivity index (χ4n) is 2.79. The fraction of sp³-hybridized carbons (Fsp3) is 0.389. The average Bonchev–Trinajstić information content (AvgIpc) is 2.46. The Labute approximate surface area is 126 Å². The molecule has 1 aliphatic rings. The van der Waals surface area contributed by atoms with Crippen LogP contribution in [0.25, 0.3) is 10.8 Å². The lowest BCUT2D eigenvalue weighted by Gasteiger charge is -2.23. The first-order chi connectivity index (χ1) is 10.3. The van der Waals surface area contributed by atoms with Crippen molar-refractivity contribution in [2.45, 2.75) is 25.7 Å². The van der Waals surface area contributed by atoms with Crippen LogP contribution >= 0.6 is 0 Å². The van der Waals surface area contributed by atoms with Crippen LogP contribution < -0.4 is 11.1 Å². The van der Waals surface area contributed by atoms with Crippen LogP contribution in [0.4, 0.5) is 0 Å². The highest BCUT2D eigenvalue weighted by molar-refractivity contribution is 5.85. The second-order valence-corrected chi connectivity index (χ2v) is 5.84. The SMILES string of the molecule is NC(=NCC1CCC1)NCCc1cccc2ccccc12. The van der Waals surface area contributed by atoms with Gasteiger partial charge in [0.2, 0.25) is 0 Å². The fourth-order valence-corrected chi connectivity index (χ4v) is 2.79. The van der Waals surface area contributed by atoms with Gasteiger partial charge in [-0.3, -0.25) is 4.99 Å². The minimum Gasteiger partial charge on any atom is -0.370 e. The highest BCUT2D eigenvalue weighted by Crippen LogP contribution is 2.26. The highest BCUT2D eigenvalue weighted by atomic mass is 15.1. The van der Waals surface area contributed by atoms with Crippen molar-refractivity contribution in [2.24, 2.45) is 16.6 Å². The van der Waals surface area contributed by atoms with E-state index in [-0.39, 0.29) is 0 Å². The first-order valence-corrected chi connectivity index (χ1v) is 7.83. The Morgan fingerprint density at radius 1 is 1.14 bits per heavy atom. The molecule has 0 aromatic heterocycles. The molecule has 3 heteroatoms. The van der Waals surface area contributed by atoms with Gasteiger partial charge in [-0.2, -0.15) is 0 Å². The number of hydrogen-bond acceptors (Lipinski definition) is 1. The number of aliphatic imine (C=N–C) groups is 1. The van der Waals surface area contributed by atoms with Crippen LogP contribution in [-0.4, -0.2) is 19.0 Å². The molecule has 1 fully saturated rings. The molecular formula is C18H23N3. The average molecular weight is 281 g/mol. The number of nitrogens with two attached hydrogens (primary N) is 1. The van der Waals surface area contributed by atoms with Gasteiger partial charge in [0.1, 0.15) is 0 Å². The van der Waals surface area contributed by atoms with Gasteiger partial charge in [0.05, 0.1) is 0 Å². The van der Waals surface area contributed by atoms with Gasteiger partial charge in [-0.15, -0.1) is 0 Å². The minimum absolute atomic E-state index is 0.585. The lowest BCUT2D eigenvalue weighted by atomic mass is 9.86. The zero-order chi connectivity index (χ0) is 14.5. The molecule has 3 nitrogen and oxygen atoms in total. The van der Waals surface area contributed by atoms with Gasteiger partial charge >= 0.3 is 0 Å². The van der Waals surface area contributed by atoms with Crippen molar-refractivity contribution < 1.29 is 0 Å². The van der Waals surface area contributed by atoms with E-state index in [4.69, 9.17) is 5.73 Å². The standard InChI is InChI=1S/C18H23N3/c19-18(21-13-14-5-3-6-14)20-12-11-16-9-4-8-15-7-1-2-10-17(15)16/h1-2,4,7-10,14H,3,5-6,11-13H2,(H3,19,20,21). The van der Waals surface area contributed by atoms with Crippen LogP contribution in [0.5, 0.6) is 0 Å². The van der Waals surface area contributed by atoms with Gasteiger partial charge in [0.15, 0.2) is 5.96 Å². The molecular weight excluding hydrogens is 258 g/mol. The third kappa shape index (κ3) is 3.54. The van der Waals surface area contributed by atoms with Crippen molar-refractivity contribution in [1.82, 2.24) is 5.32 Å². The van der Waals surface area contributed by atoms with Crippen molar-refractivity contribution in [1.29, 1.82) is 0 Å². The maximum absolute atomic E-state index is 5.92. The largest absolute Gasteiger partial charge is 0.370 e. The van der Waals surface area contributed by atoms with E-state index < -0.39 is 0 Å². The Balaban J connectivity index is 1.54. The second kappa shape index (κ2) is 6.61. The van der Waals surface area contributed by atoms with Gasteiger partial charge < -0.3 is 11.1 Å². The number of benzene rings is 2. The third-order valence-electron chi connectivity index (χ3n) is 4.32. The molecule has 1 aliphatic carbocycles. The van der Waals surface area contributed by atoms with Crippen LogP contribution in [-0.2, 0) is 6.42 Å². The van der Waals surface area contributed by atoms with Gasteiger partial charge in [-0.05, 0) is 41.5 Å². The van der Waals surface area contributed by atoms with Crippen molar-refractivity contribution >= 4 is 16.7 Å². The van der Waals surface area contributed by atoms with E-state index in [0.717, 1.165) is 25.4 Å². The molecule has 0 atom stereocenters. The Morgan fingerprint density at radius 2 is 1.95 bits per heavy atom. The summed E-state index contributed by atoms with van der Waals surface area (Å²) < 4.78 is 0. The van der Waals surface area contributed by atoms with Crippen molar-refractivity contribution in [2.75, 3.05) is 13.1 Å². The predicted molar refractivity (Wildman–Crippen MR) is 89.5 cm³/mol. The van der Waals surface area contributed by atoms with Gasteiger partial charge in [0, 0.05) is 13.1 Å². The summed E-state index contributed by atoms with van der Waals surface area (Å²) >= 11 is 0. The summed E-state index contributed by atoms with van der Waals surface area (Å²) in [7, 11) is 0. The normalized spacial score (nSPS) is 15.9. The topological polar surface area (TPSA) is 50.4 Å². The van der Waals surface area contributed by atoms with Crippen LogP contribution in [0.1, 0.15) is 24.8 Å². The molecule has 0 aliphatic heterocycles. The van der Waals surface area contributed by atoms with Crippen LogP contribution in [0.15, 0.2) is 47.5 Å². The molecule has 0 bridgehead atoms. The lowest BCUT2D eigenvalue weighted by molar-refractivity contribution is 0.326. The maximum Gasteiger partial charge on any atom is 0.188 e. The molecule has 0 radical (unpaired) electrons. The summed E-state index contributed by atoms with van der Waals surface area (Å²) in [5.74, 6) is 1.35. The molecule has 0 unspecified atom stereocenters. The first-order valence-electron chi connectivity index (χ1n) is 7.83. The first kappa shape index (κ1) is 13.9. The molecule has 0 amide bonds. The van der Waals surface area contributed by atoms with Gasteiger partial charge in [-0.1, -0.05) is 48.9 Å². The van der Waals surface area contributed by atoms with Crippen LogP contribution in [0.2, 0.25) is 0 Å². The number of nitrogens with zero attached hydrogens (tertiary/aromatic N) is 1. The predicted octanol–water partition coefficient (Wildman–Crippen LogP) is 3.09. The quantitative estimate of drug-likeness (QED) is 0.653. The Hall–Kier alpha value is -2.03. The molecule has 2 aromatic carbocycles. The van der Waals surface area contributed by atoms with Crippen molar-refractivity contribution in [3.63, 3.8) is 0 Å². The van der Waals surface area contributed by atoms with Gasteiger partial charge in [0.25, 0.3) is 0 Å². The summed E-state index contributed by atoms with van der Waals surface area (Å²) in [6.45, 7) is 1.71. The third-order valence-corrected chi connectivity index (χ3v) is 4.32. The highest BCUT2D eigenvalue weighted by Gasteiger charge is 2.16. The van der Waals surface area contributed by atoms with E-state index in [1.165, 1.54) is 35.6 Å². The number of rotatable bonds is 5. The van der Waals surface area contributed by atoms with E-state index >= 15 is 0 Å². The molecule has 0 spiro atoms. The zero-order valence-electron chi connectivity index (χ0n) is 12.4. The van der Waals surface area contributed by atoms with E-state index in [1.54, 1.807) is 0 Å². The number of fused-ring (bicyclic) bond motifs is 1. The molecule has 110 valence electrons. The van der Waals surface area contributed by atoms with Crippen molar-refractivity contribution in [3.05, 3.63) is 48.0 Å². The minimum atomic E-state index is 0.585. The molecule has 2 aromatic rings. The van der Waals surface area contributed by atoms with Crippen LogP contribution in [0, 0.1) is 5.92 Å². The molecule has 1 saturated carbocycles. The van der Waals surface area contributed by atoms with E-state index in [9.17, 15) is 0 Å². The van der Waals surface area contributed by atoms with E-state index in [1.807, 2.05) is 0 Å². The molecule has 3 rings (SSSR count). The molecule has 3 N–H and O–H groups in total. The zero-order valence-corrected chi connectivity index (χ0v) is 12.4. The Bertz CT molecular complexity index is 624. The van der Waals surface area contributed by atoms with Gasteiger partial charge in [-0.25, -0.2) is 0 Å². The smallest absolute Gasteiger partial charge is 0.188 e. The molecule has 21 heavy (non-hydrogen) atoms. The summed E-state index contributed by atoms with van der Waals surface area (Å²) in [4.78, 5) is 4.42. The summed E-state index contributed by atoms with van der Waals surface area (Å²) in [5, 5.41) is 5.85. The van der Waals surface area contributed by atoms with Crippen LogP contribution in [0.3, 0.4) is 0 Å². The van der Waals surface area contributed by atoms with E-state index in [2.05, 4.69) is 52.8 Å². The number of nitrogens with one attached hydrogen (secondary N) is 1.